The molecule has 0 saturated heterocycles. The number of nitro benzene ring substituents is 1. The van der Waals surface area contributed by atoms with Crippen molar-refractivity contribution >= 4 is 28.3 Å². The third-order valence-electron chi connectivity index (χ3n) is 3.66. The number of hydrogen-bond acceptors (Lipinski definition) is 7. The second-order valence-electron chi connectivity index (χ2n) is 5.46. The Morgan fingerprint density at radius 2 is 1.93 bits per heavy atom. The van der Waals surface area contributed by atoms with Crippen LogP contribution in [0.25, 0.3) is 11.0 Å². The number of nitrogens with one attached hydrogen (secondary N) is 2. The number of carbonyl (C=O) groups excluding carboxylic acids is 1. The lowest BCUT2D eigenvalue weighted by Crippen LogP contribution is -2.32. The van der Waals surface area contributed by atoms with Gasteiger partial charge in [-0.2, -0.15) is 0 Å². The average molecular weight is 369 g/mol. The standard InChI is InChI=1S/C18H15N3O6/c1-2-26-14-8-3-11-9-15(18(23)27-16(11)10-14)17(22)20-19-12-4-6-13(7-5-12)21(24)25/h3-10,19H,2H2,1H3,(H,20,22). The number of ether oxygens (including phenoxy) is 1. The second-order valence-corrected chi connectivity index (χ2v) is 5.46. The van der Waals surface area contributed by atoms with E-state index in [2.05, 4.69) is 10.9 Å². The van der Waals surface area contributed by atoms with E-state index < -0.39 is 16.5 Å². The van der Waals surface area contributed by atoms with Gasteiger partial charge in [-0.25, -0.2) is 4.79 Å². The number of rotatable bonds is 6. The van der Waals surface area contributed by atoms with E-state index >= 15 is 0 Å². The van der Waals surface area contributed by atoms with Gasteiger partial charge in [-0.05, 0) is 37.3 Å². The fraction of sp³-hybridized carbons (Fsp3) is 0.111. The van der Waals surface area contributed by atoms with Crippen LogP contribution < -0.4 is 21.2 Å². The Morgan fingerprint density at radius 1 is 1.19 bits per heavy atom. The number of benzene rings is 2. The molecule has 138 valence electrons. The molecule has 3 aromatic rings. The van der Waals surface area contributed by atoms with Crippen molar-refractivity contribution in [2.24, 2.45) is 0 Å². The molecule has 0 radical (unpaired) electrons. The first kappa shape index (κ1) is 17.9. The number of anilines is 1. The third kappa shape index (κ3) is 4.03. The lowest BCUT2D eigenvalue weighted by molar-refractivity contribution is -0.384. The van der Waals surface area contributed by atoms with Gasteiger partial charge in [-0.3, -0.25) is 25.8 Å². The molecule has 0 spiro atoms. The van der Waals surface area contributed by atoms with Gasteiger partial charge in [0.15, 0.2) is 0 Å². The smallest absolute Gasteiger partial charge is 0.349 e. The van der Waals surface area contributed by atoms with Crippen LogP contribution in [0.5, 0.6) is 5.75 Å². The molecule has 0 saturated carbocycles. The molecule has 0 atom stereocenters. The van der Waals surface area contributed by atoms with Crippen LogP contribution in [0.4, 0.5) is 11.4 Å². The molecule has 1 amide bonds. The molecular formula is C18H15N3O6. The molecule has 9 heteroatoms. The first-order valence-electron chi connectivity index (χ1n) is 7.99. The maximum Gasteiger partial charge on any atom is 0.349 e. The highest BCUT2D eigenvalue weighted by molar-refractivity contribution is 5.97. The number of non-ortho nitro benzene ring substituents is 1. The number of hydrazine groups is 1. The van der Waals surface area contributed by atoms with Gasteiger partial charge in [0.2, 0.25) is 0 Å². The van der Waals surface area contributed by atoms with Crippen molar-refractivity contribution in [3.63, 3.8) is 0 Å². The largest absolute Gasteiger partial charge is 0.494 e. The molecule has 0 aliphatic carbocycles. The van der Waals surface area contributed by atoms with Crippen LogP contribution >= 0.6 is 0 Å². The summed E-state index contributed by atoms with van der Waals surface area (Å²) in [7, 11) is 0. The summed E-state index contributed by atoms with van der Waals surface area (Å²) in [6, 6.07) is 11.8. The van der Waals surface area contributed by atoms with E-state index in [9.17, 15) is 19.7 Å². The highest BCUT2D eigenvalue weighted by atomic mass is 16.6. The number of nitro groups is 1. The molecule has 9 nitrogen and oxygen atoms in total. The van der Waals surface area contributed by atoms with Crippen LogP contribution in [-0.2, 0) is 0 Å². The number of hydrogen-bond donors (Lipinski definition) is 2. The molecule has 27 heavy (non-hydrogen) atoms. The lowest BCUT2D eigenvalue weighted by atomic mass is 10.1. The number of amides is 1. The highest BCUT2D eigenvalue weighted by Gasteiger charge is 2.14. The number of nitrogens with zero attached hydrogens (tertiary/aromatic N) is 1. The zero-order chi connectivity index (χ0) is 19.4. The minimum Gasteiger partial charge on any atom is -0.494 e. The zero-order valence-electron chi connectivity index (χ0n) is 14.2. The van der Waals surface area contributed by atoms with Crippen molar-refractivity contribution in [1.29, 1.82) is 0 Å². The summed E-state index contributed by atoms with van der Waals surface area (Å²) >= 11 is 0. The van der Waals surface area contributed by atoms with Crippen LogP contribution in [0.1, 0.15) is 17.3 Å². The molecular weight excluding hydrogens is 354 g/mol. The molecule has 0 aliphatic rings. The highest BCUT2D eigenvalue weighted by Crippen LogP contribution is 2.20. The SMILES string of the molecule is CCOc1ccc2cc(C(=O)NNc3ccc([N+](=O)[O-])cc3)c(=O)oc2c1. The predicted octanol–water partition coefficient (Wildman–Crippen LogP) is 2.86. The molecule has 0 bridgehead atoms. The van der Waals surface area contributed by atoms with Crippen LogP contribution in [0.3, 0.4) is 0 Å². The van der Waals surface area contributed by atoms with Gasteiger partial charge < -0.3 is 9.15 Å². The maximum absolute atomic E-state index is 12.3. The molecule has 1 aromatic heterocycles. The van der Waals surface area contributed by atoms with Gasteiger partial charge in [-0.15, -0.1) is 0 Å². The van der Waals surface area contributed by atoms with Gasteiger partial charge in [-0.1, -0.05) is 0 Å². The summed E-state index contributed by atoms with van der Waals surface area (Å²) in [5.41, 5.74) is 4.63. The van der Waals surface area contributed by atoms with Crippen molar-refractivity contribution in [3.05, 3.63) is 74.6 Å². The molecule has 2 N–H and O–H groups in total. The van der Waals surface area contributed by atoms with Gasteiger partial charge >= 0.3 is 5.63 Å². The van der Waals surface area contributed by atoms with Crippen LogP contribution in [0.2, 0.25) is 0 Å². The Hall–Kier alpha value is -3.88. The molecule has 3 rings (SSSR count). The van der Waals surface area contributed by atoms with Crippen molar-refractivity contribution < 1.29 is 18.9 Å². The summed E-state index contributed by atoms with van der Waals surface area (Å²) < 4.78 is 10.5. The first-order chi connectivity index (χ1) is 13.0. The normalized spacial score (nSPS) is 10.4. The first-order valence-corrected chi connectivity index (χ1v) is 7.99. The summed E-state index contributed by atoms with van der Waals surface area (Å²) in [5, 5.41) is 11.2. The van der Waals surface area contributed by atoms with E-state index in [0.29, 0.717) is 29.0 Å². The van der Waals surface area contributed by atoms with Gasteiger partial charge in [0.1, 0.15) is 16.9 Å². The quantitative estimate of drug-likeness (QED) is 0.389. The zero-order valence-corrected chi connectivity index (χ0v) is 14.2. The monoisotopic (exact) mass is 369 g/mol. The number of fused-ring (bicyclic) bond motifs is 1. The van der Waals surface area contributed by atoms with E-state index in [1.165, 1.54) is 30.3 Å². The molecule has 2 aromatic carbocycles. The molecule has 1 heterocycles. The van der Waals surface area contributed by atoms with Crippen molar-refractivity contribution in [3.8, 4) is 5.75 Å². The summed E-state index contributed by atoms with van der Waals surface area (Å²) in [6.45, 7) is 2.32. The fourth-order valence-corrected chi connectivity index (χ4v) is 2.37. The average Bonchev–Trinajstić information content (AvgIpc) is 2.66. The number of carbonyl (C=O) groups is 1. The van der Waals surface area contributed by atoms with Crippen molar-refractivity contribution in [1.82, 2.24) is 5.43 Å². The fourth-order valence-electron chi connectivity index (χ4n) is 2.37. The van der Waals surface area contributed by atoms with Gasteiger partial charge in [0, 0.05) is 23.6 Å². The van der Waals surface area contributed by atoms with Crippen molar-refractivity contribution in [2.75, 3.05) is 12.0 Å². The Labute approximate surface area is 152 Å². The third-order valence-corrected chi connectivity index (χ3v) is 3.66. The van der Waals surface area contributed by atoms with E-state index in [1.54, 1.807) is 18.2 Å². The lowest BCUT2D eigenvalue weighted by Gasteiger charge is -2.08. The Bertz CT molecular complexity index is 1060. The molecule has 0 unspecified atom stereocenters. The van der Waals surface area contributed by atoms with E-state index in [-0.39, 0.29) is 11.3 Å². The Morgan fingerprint density at radius 3 is 2.59 bits per heavy atom. The summed E-state index contributed by atoms with van der Waals surface area (Å²) in [4.78, 5) is 34.5. The van der Waals surface area contributed by atoms with Crippen LogP contribution in [-0.4, -0.2) is 17.4 Å². The maximum atomic E-state index is 12.3. The van der Waals surface area contributed by atoms with Crippen LogP contribution in [0.15, 0.2) is 57.7 Å². The van der Waals surface area contributed by atoms with Crippen LogP contribution in [0, 0.1) is 10.1 Å². The predicted molar refractivity (Wildman–Crippen MR) is 97.8 cm³/mol. The Kier molecular flexibility index (Phi) is 5.02. The minimum atomic E-state index is -0.792. The molecule has 0 aliphatic heterocycles. The Balaban J connectivity index is 1.76. The minimum absolute atomic E-state index is 0.0755. The van der Waals surface area contributed by atoms with E-state index in [4.69, 9.17) is 9.15 Å². The molecule has 0 fully saturated rings. The summed E-state index contributed by atoms with van der Waals surface area (Å²) in [6.07, 6.45) is 0. The second kappa shape index (κ2) is 7.56. The van der Waals surface area contributed by atoms with Gasteiger partial charge in [0.25, 0.3) is 11.6 Å². The summed E-state index contributed by atoms with van der Waals surface area (Å²) in [5.74, 6) is -0.136. The van der Waals surface area contributed by atoms with E-state index in [1.807, 2.05) is 6.92 Å². The van der Waals surface area contributed by atoms with E-state index in [0.717, 1.165) is 0 Å². The van der Waals surface area contributed by atoms with Crippen molar-refractivity contribution in [2.45, 2.75) is 6.92 Å². The van der Waals surface area contributed by atoms with Gasteiger partial charge in [0.05, 0.1) is 17.2 Å². The topological polar surface area (TPSA) is 124 Å².